The maximum Gasteiger partial charge on any atom is 0.410 e. The highest BCUT2D eigenvalue weighted by molar-refractivity contribution is 5.87. The fourth-order valence-corrected chi connectivity index (χ4v) is 2.45. The van der Waals surface area contributed by atoms with Gasteiger partial charge >= 0.3 is 6.09 Å². The van der Waals surface area contributed by atoms with E-state index in [-0.39, 0.29) is 6.09 Å². The van der Waals surface area contributed by atoms with Crippen LogP contribution in [0.5, 0.6) is 0 Å². The Kier molecular flexibility index (Phi) is 6.23. The molecular weight excluding hydrogens is 282 g/mol. The van der Waals surface area contributed by atoms with Gasteiger partial charge in [-0.15, -0.1) is 0 Å². The summed E-state index contributed by atoms with van der Waals surface area (Å²) in [6.45, 7) is 13.5. The van der Waals surface area contributed by atoms with E-state index in [0.29, 0.717) is 38.5 Å². The minimum Gasteiger partial charge on any atom is -0.444 e. The van der Waals surface area contributed by atoms with E-state index < -0.39 is 11.2 Å². The highest BCUT2D eigenvalue weighted by Gasteiger charge is 2.27. The van der Waals surface area contributed by atoms with Crippen LogP contribution in [-0.4, -0.2) is 59.3 Å². The third kappa shape index (κ3) is 7.11. The lowest BCUT2D eigenvalue weighted by Gasteiger charge is -2.31. The fourth-order valence-electron chi connectivity index (χ4n) is 2.45. The summed E-state index contributed by atoms with van der Waals surface area (Å²) >= 11 is 0. The van der Waals surface area contributed by atoms with Crippen molar-refractivity contribution in [3.63, 3.8) is 0 Å². The summed E-state index contributed by atoms with van der Waals surface area (Å²) in [5.41, 5.74) is -1.29. The van der Waals surface area contributed by atoms with Gasteiger partial charge in [-0.05, 0) is 40.0 Å². The van der Waals surface area contributed by atoms with Crippen LogP contribution in [0.25, 0.3) is 0 Å². The molecule has 0 aromatic carbocycles. The standard InChI is InChI=1S/C16H31N3O3/c1-12(2)9-16(6,21)11-18-13-10-19(8-7-17-13)14(20)22-15(3,4)5/h12,21H,7-11H2,1-6H3,(H,17,18). The molecule has 0 aromatic heterocycles. The van der Waals surface area contributed by atoms with Crippen LogP contribution in [0.1, 0.15) is 48.0 Å². The van der Waals surface area contributed by atoms with Gasteiger partial charge in [-0.25, -0.2) is 4.79 Å². The van der Waals surface area contributed by atoms with Crippen molar-refractivity contribution in [2.24, 2.45) is 10.9 Å². The minimum absolute atomic E-state index is 0.323. The van der Waals surface area contributed by atoms with Crippen LogP contribution < -0.4 is 5.32 Å². The number of ether oxygens (including phenoxy) is 1. The summed E-state index contributed by atoms with van der Waals surface area (Å²) in [6.07, 6.45) is 0.388. The molecule has 0 bridgehead atoms. The third-order valence-electron chi connectivity index (χ3n) is 3.19. The average Bonchev–Trinajstić information content (AvgIpc) is 2.33. The average molecular weight is 313 g/mol. The van der Waals surface area contributed by atoms with Crippen LogP contribution in [0, 0.1) is 5.92 Å². The molecule has 1 rings (SSSR count). The largest absolute Gasteiger partial charge is 0.444 e. The van der Waals surface area contributed by atoms with Crippen molar-refractivity contribution in [1.29, 1.82) is 0 Å². The zero-order chi connectivity index (χ0) is 17.0. The molecule has 1 unspecified atom stereocenters. The number of amides is 1. The number of nitrogens with zero attached hydrogens (tertiary/aromatic N) is 2. The maximum atomic E-state index is 12.1. The Morgan fingerprint density at radius 3 is 2.59 bits per heavy atom. The maximum absolute atomic E-state index is 12.1. The Labute approximate surface area is 133 Å². The van der Waals surface area contributed by atoms with Crippen LogP contribution >= 0.6 is 0 Å². The summed E-state index contributed by atoms with van der Waals surface area (Å²) < 4.78 is 5.38. The molecular formula is C16H31N3O3. The number of carbonyl (C=O) groups excluding carboxylic acids is 1. The normalized spacial score (nSPS) is 18.7. The van der Waals surface area contributed by atoms with Crippen molar-refractivity contribution in [1.82, 2.24) is 10.2 Å². The first-order valence-electron chi connectivity index (χ1n) is 7.96. The molecule has 1 heterocycles. The molecule has 2 N–H and O–H groups in total. The van der Waals surface area contributed by atoms with Crippen molar-refractivity contribution in [3.8, 4) is 0 Å². The summed E-state index contributed by atoms with van der Waals surface area (Å²) in [4.78, 5) is 18.1. The lowest BCUT2D eigenvalue weighted by atomic mass is 9.94. The minimum atomic E-state index is -0.787. The molecule has 6 heteroatoms. The van der Waals surface area contributed by atoms with Gasteiger partial charge in [0, 0.05) is 13.1 Å². The van der Waals surface area contributed by atoms with Crippen molar-refractivity contribution in [3.05, 3.63) is 0 Å². The second-order valence-electron chi connectivity index (χ2n) is 7.68. The van der Waals surface area contributed by atoms with Gasteiger partial charge in [0.05, 0.1) is 18.7 Å². The first-order valence-corrected chi connectivity index (χ1v) is 7.96. The van der Waals surface area contributed by atoms with E-state index in [9.17, 15) is 9.90 Å². The molecule has 22 heavy (non-hydrogen) atoms. The quantitative estimate of drug-likeness (QED) is 0.833. The van der Waals surface area contributed by atoms with Gasteiger partial charge in [-0.3, -0.25) is 9.89 Å². The van der Waals surface area contributed by atoms with E-state index in [0.717, 1.165) is 5.84 Å². The molecule has 128 valence electrons. The number of rotatable bonds is 4. The lowest BCUT2D eigenvalue weighted by molar-refractivity contribution is 0.0273. The molecule has 0 aliphatic carbocycles. The molecule has 0 aromatic rings. The molecule has 1 aliphatic heterocycles. The van der Waals surface area contributed by atoms with Gasteiger partial charge in [0.2, 0.25) is 0 Å². The Bertz CT molecular complexity index is 411. The molecule has 1 aliphatic rings. The van der Waals surface area contributed by atoms with Crippen LogP contribution in [0.2, 0.25) is 0 Å². The van der Waals surface area contributed by atoms with Gasteiger partial charge in [-0.1, -0.05) is 13.8 Å². The fraction of sp³-hybridized carbons (Fsp3) is 0.875. The van der Waals surface area contributed by atoms with Gasteiger partial charge in [0.15, 0.2) is 0 Å². The first-order chi connectivity index (χ1) is 9.98. The smallest absolute Gasteiger partial charge is 0.410 e. The second kappa shape index (κ2) is 7.31. The molecule has 0 saturated carbocycles. The van der Waals surface area contributed by atoms with Crippen molar-refractivity contribution < 1.29 is 14.6 Å². The number of amidine groups is 1. The monoisotopic (exact) mass is 313 g/mol. The molecule has 6 nitrogen and oxygen atoms in total. The summed E-state index contributed by atoms with van der Waals surface area (Å²) in [7, 11) is 0. The van der Waals surface area contributed by atoms with E-state index in [4.69, 9.17) is 4.74 Å². The van der Waals surface area contributed by atoms with E-state index in [2.05, 4.69) is 24.2 Å². The topological polar surface area (TPSA) is 74.2 Å². The van der Waals surface area contributed by atoms with Crippen molar-refractivity contribution in [2.75, 3.05) is 26.2 Å². The van der Waals surface area contributed by atoms with E-state index >= 15 is 0 Å². The van der Waals surface area contributed by atoms with Crippen LogP contribution in [-0.2, 0) is 4.74 Å². The van der Waals surface area contributed by atoms with Gasteiger partial charge in [0.25, 0.3) is 0 Å². The summed E-state index contributed by atoms with van der Waals surface area (Å²) in [5.74, 6) is 1.14. The van der Waals surface area contributed by atoms with E-state index in [1.165, 1.54) is 0 Å². The van der Waals surface area contributed by atoms with Gasteiger partial charge in [0.1, 0.15) is 11.4 Å². The Balaban J connectivity index is 2.50. The molecule has 0 saturated heterocycles. The van der Waals surface area contributed by atoms with Crippen LogP contribution in [0.4, 0.5) is 4.79 Å². The predicted octanol–water partition coefficient (Wildman–Crippen LogP) is 2.02. The Hall–Kier alpha value is -1.30. The van der Waals surface area contributed by atoms with Crippen molar-refractivity contribution in [2.45, 2.75) is 59.2 Å². The molecule has 0 fully saturated rings. The molecule has 1 amide bonds. The predicted molar refractivity (Wildman–Crippen MR) is 88.2 cm³/mol. The Morgan fingerprint density at radius 1 is 1.41 bits per heavy atom. The number of nitrogens with one attached hydrogen (secondary N) is 1. The van der Waals surface area contributed by atoms with Gasteiger partial charge < -0.3 is 15.2 Å². The SMILES string of the molecule is CC(C)CC(C)(O)CNC1=NCCN(C(=O)OC(C)(C)C)C1. The zero-order valence-electron chi connectivity index (χ0n) is 14.8. The highest BCUT2D eigenvalue weighted by atomic mass is 16.6. The second-order valence-corrected chi connectivity index (χ2v) is 7.68. The number of aliphatic hydroxyl groups is 1. The molecule has 0 spiro atoms. The van der Waals surface area contributed by atoms with Crippen LogP contribution in [0.3, 0.4) is 0 Å². The van der Waals surface area contributed by atoms with E-state index in [1.54, 1.807) is 4.90 Å². The summed E-state index contributed by atoms with van der Waals surface area (Å²) in [5, 5.41) is 13.5. The Morgan fingerprint density at radius 2 is 2.05 bits per heavy atom. The molecule has 1 atom stereocenters. The third-order valence-corrected chi connectivity index (χ3v) is 3.19. The van der Waals surface area contributed by atoms with Crippen LogP contribution in [0.15, 0.2) is 4.99 Å². The highest BCUT2D eigenvalue weighted by Crippen LogP contribution is 2.15. The summed E-state index contributed by atoms with van der Waals surface area (Å²) in [6, 6.07) is 0. The number of hydrogen-bond acceptors (Lipinski definition) is 5. The first kappa shape index (κ1) is 18.7. The van der Waals surface area contributed by atoms with Crippen molar-refractivity contribution >= 4 is 11.9 Å². The number of hydrogen-bond donors (Lipinski definition) is 2. The molecule has 0 radical (unpaired) electrons. The van der Waals surface area contributed by atoms with E-state index in [1.807, 2.05) is 27.7 Å². The zero-order valence-corrected chi connectivity index (χ0v) is 14.8. The number of aliphatic imine (C=N–C) groups is 1. The van der Waals surface area contributed by atoms with Gasteiger partial charge in [-0.2, -0.15) is 0 Å². The number of carbonyl (C=O) groups is 1. The lowest BCUT2D eigenvalue weighted by Crippen LogP contribution is -2.50.